The molecular formula is C16H15ClN3O4S2-. The van der Waals surface area contributed by atoms with Gasteiger partial charge in [0.1, 0.15) is 0 Å². The molecule has 7 nitrogen and oxygen atoms in total. The molecule has 1 fully saturated rings. The van der Waals surface area contributed by atoms with Crippen molar-refractivity contribution in [2.75, 3.05) is 16.9 Å². The number of hydrogen-bond donors (Lipinski definition) is 1. The van der Waals surface area contributed by atoms with Gasteiger partial charge in [-0.2, -0.15) is 11.8 Å². The molecule has 2 rings (SSSR count). The first kappa shape index (κ1) is 20.3. The van der Waals surface area contributed by atoms with E-state index in [1.807, 2.05) is 6.26 Å². The maximum Gasteiger partial charge on any atom is 0.251 e. The molecule has 0 spiro atoms. The minimum absolute atomic E-state index is 0.0641. The quantitative estimate of drug-likeness (QED) is 0.400. The fourth-order valence-electron chi connectivity index (χ4n) is 2.23. The van der Waals surface area contributed by atoms with Crippen LogP contribution in [-0.2, 0) is 14.4 Å². The maximum atomic E-state index is 12.7. The Morgan fingerprint density at radius 3 is 2.69 bits per heavy atom. The summed E-state index contributed by atoms with van der Waals surface area (Å²) in [5, 5.41) is 14.0. The Bertz CT molecular complexity index is 754. The van der Waals surface area contributed by atoms with Crippen molar-refractivity contribution in [2.45, 2.75) is 12.5 Å². The number of hydrogen-bond acceptors (Lipinski definition) is 7. The van der Waals surface area contributed by atoms with Crippen molar-refractivity contribution in [3.63, 3.8) is 0 Å². The highest BCUT2D eigenvalue weighted by Crippen LogP contribution is 2.22. The summed E-state index contributed by atoms with van der Waals surface area (Å²) >= 11 is 12.4. The Morgan fingerprint density at radius 1 is 1.46 bits per heavy atom. The molecule has 0 aromatic heterocycles. The number of nitrogens with one attached hydrogen (secondary N) is 1. The second kappa shape index (κ2) is 9.11. The van der Waals surface area contributed by atoms with Gasteiger partial charge in [0, 0.05) is 11.2 Å². The van der Waals surface area contributed by atoms with Gasteiger partial charge in [-0.1, -0.05) is 11.6 Å². The largest absolute Gasteiger partial charge is 0.548 e. The number of carbonyl (C=O) groups excluding carboxylic acids is 3. The van der Waals surface area contributed by atoms with Crippen LogP contribution in [0.1, 0.15) is 6.42 Å². The van der Waals surface area contributed by atoms with E-state index in [0.717, 1.165) is 11.1 Å². The van der Waals surface area contributed by atoms with Gasteiger partial charge >= 0.3 is 0 Å². The summed E-state index contributed by atoms with van der Waals surface area (Å²) < 4.78 is 0. The molecule has 1 aromatic carbocycles. The van der Waals surface area contributed by atoms with E-state index in [-0.39, 0.29) is 11.5 Å². The van der Waals surface area contributed by atoms with Crippen LogP contribution in [0.3, 0.4) is 0 Å². The standard InChI is InChI=1S/C16H16ClN3O4S2/c1-26-7-6-12(15(23)24)18-8-11-13(21)19-16(25)20(14(11)22)10-4-2-9(17)3-5-10/h2-5,8,11-12H,6-7H2,1H3,(H,23,24)(H,19,21,25)/p-1/t11?,12-/m1/s1. The predicted octanol–water partition coefficient (Wildman–Crippen LogP) is 0.646. The van der Waals surface area contributed by atoms with E-state index in [2.05, 4.69) is 10.3 Å². The zero-order valence-electron chi connectivity index (χ0n) is 13.7. The van der Waals surface area contributed by atoms with Crippen molar-refractivity contribution in [1.82, 2.24) is 5.32 Å². The fourth-order valence-corrected chi connectivity index (χ4v) is 3.11. The minimum Gasteiger partial charge on any atom is -0.548 e. The lowest BCUT2D eigenvalue weighted by Gasteiger charge is -2.31. The highest BCUT2D eigenvalue weighted by atomic mass is 35.5. The van der Waals surface area contributed by atoms with Crippen molar-refractivity contribution in [3.8, 4) is 0 Å². The van der Waals surface area contributed by atoms with E-state index < -0.39 is 29.7 Å². The second-order valence-corrected chi connectivity index (χ2v) is 7.15. The molecule has 26 heavy (non-hydrogen) atoms. The summed E-state index contributed by atoms with van der Waals surface area (Å²) in [4.78, 5) is 41.0. The molecule has 0 bridgehead atoms. The van der Waals surface area contributed by atoms with Crippen LogP contribution in [-0.4, -0.2) is 47.2 Å². The monoisotopic (exact) mass is 412 g/mol. The van der Waals surface area contributed by atoms with E-state index >= 15 is 0 Å². The molecule has 1 saturated heterocycles. The average molecular weight is 413 g/mol. The Morgan fingerprint density at radius 2 is 2.12 bits per heavy atom. The SMILES string of the molecule is CSCC[C@@H](N=CC1C(=O)NC(=S)N(c2ccc(Cl)cc2)C1=O)C(=O)[O-]. The zero-order chi connectivity index (χ0) is 19.3. The van der Waals surface area contributed by atoms with Crippen LogP contribution in [0.4, 0.5) is 5.69 Å². The van der Waals surface area contributed by atoms with Gasteiger partial charge < -0.3 is 15.2 Å². The molecule has 1 heterocycles. The van der Waals surface area contributed by atoms with Crippen LogP contribution in [0.25, 0.3) is 0 Å². The first-order valence-corrected chi connectivity index (χ1v) is 9.70. The van der Waals surface area contributed by atoms with Crippen molar-refractivity contribution >= 4 is 70.4 Å². The first-order valence-electron chi connectivity index (χ1n) is 7.52. The minimum atomic E-state index is -1.36. The molecule has 1 aliphatic heterocycles. The lowest BCUT2D eigenvalue weighted by Crippen LogP contribution is -2.58. The molecule has 2 atom stereocenters. The molecule has 1 aromatic rings. The zero-order valence-corrected chi connectivity index (χ0v) is 16.1. The van der Waals surface area contributed by atoms with Gasteiger partial charge in [0.25, 0.3) is 5.91 Å². The Labute approximate surface area is 164 Å². The molecule has 138 valence electrons. The van der Waals surface area contributed by atoms with Gasteiger partial charge in [0.15, 0.2) is 11.0 Å². The summed E-state index contributed by atoms with van der Waals surface area (Å²) in [5.41, 5.74) is 0.432. The van der Waals surface area contributed by atoms with Crippen LogP contribution in [0.2, 0.25) is 5.02 Å². The van der Waals surface area contributed by atoms with Gasteiger partial charge in [-0.15, -0.1) is 0 Å². The van der Waals surface area contributed by atoms with E-state index in [9.17, 15) is 19.5 Å². The number of rotatable bonds is 7. The normalized spacial score (nSPS) is 18.9. The third-order valence-electron chi connectivity index (χ3n) is 3.57. The van der Waals surface area contributed by atoms with E-state index in [4.69, 9.17) is 23.8 Å². The molecule has 0 aliphatic carbocycles. The Hall–Kier alpha value is -1.97. The molecule has 10 heteroatoms. The van der Waals surface area contributed by atoms with Crippen LogP contribution < -0.4 is 15.3 Å². The summed E-state index contributed by atoms with van der Waals surface area (Å²) in [7, 11) is 0. The molecule has 0 radical (unpaired) electrons. The fraction of sp³-hybridized carbons (Fsp3) is 0.312. The Kier molecular flexibility index (Phi) is 7.13. The number of thioether (sulfide) groups is 1. The third-order valence-corrected chi connectivity index (χ3v) is 4.75. The van der Waals surface area contributed by atoms with Gasteiger partial charge in [-0.25, -0.2) is 0 Å². The summed E-state index contributed by atoms with van der Waals surface area (Å²) in [6, 6.07) is 5.21. The van der Waals surface area contributed by atoms with Crippen LogP contribution >= 0.6 is 35.6 Å². The van der Waals surface area contributed by atoms with Gasteiger partial charge in [0.05, 0.1) is 17.7 Å². The molecule has 0 saturated carbocycles. The van der Waals surface area contributed by atoms with Crippen molar-refractivity contribution in [1.29, 1.82) is 0 Å². The van der Waals surface area contributed by atoms with Crippen LogP contribution in [0.15, 0.2) is 29.3 Å². The number of anilines is 1. The van der Waals surface area contributed by atoms with Crippen molar-refractivity contribution < 1.29 is 19.5 Å². The Balaban J connectivity index is 2.24. The van der Waals surface area contributed by atoms with Crippen molar-refractivity contribution in [2.24, 2.45) is 10.9 Å². The van der Waals surface area contributed by atoms with Crippen LogP contribution in [0, 0.1) is 5.92 Å². The number of nitrogens with zero attached hydrogens (tertiary/aromatic N) is 2. The van der Waals surface area contributed by atoms with Gasteiger partial charge in [0.2, 0.25) is 5.91 Å². The number of carboxylic acids is 1. The lowest BCUT2D eigenvalue weighted by atomic mass is 10.1. The molecule has 1 aliphatic rings. The predicted molar refractivity (Wildman–Crippen MR) is 103 cm³/mol. The third kappa shape index (κ3) is 4.80. The number of halogens is 1. The lowest BCUT2D eigenvalue weighted by molar-refractivity contribution is -0.307. The van der Waals surface area contributed by atoms with Gasteiger partial charge in [-0.05, 0) is 54.9 Å². The smallest absolute Gasteiger partial charge is 0.251 e. The number of carbonyl (C=O) groups is 3. The molecule has 2 amide bonds. The molecular weight excluding hydrogens is 398 g/mol. The number of carboxylic acid groups (broad SMARTS) is 1. The summed E-state index contributed by atoms with van der Waals surface area (Å²) in [6.45, 7) is 0. The average Bonchev–Trinajstić information content (AvgIpc) is 2.58. The van der Waals surface area contributed by atoms with Crippen molar-refractivity contribution in [3.05, 3.63) is 29.3 Å². The van der Waals surface area contributed by atoms with Crippen LogP contribution in [0.5, 0.6) is 0 Å². The first-order chi connectivity index (χ1) is 12.3. The van der Waals surface area contributed by atoms with E-state index in [1.54, 1.807) is 24.3 Å². The van der Waals surface area contributed by atoms with E-state index in [0.29, 0.717) is 16.5 Å². The molecule has 1 N–H and O–H groups in total. The number of aliphatic carboxylic acids is 1. The number of aliphatic imine (C=N–C) groups is 1. The van der Waals surface area contributed by atoms with Gasteiger partial charge in [-0.3, -0.25) is 19.5 Å². The van der Waals surface area contributed by atoms with E-state index in [1.165, 1.54) is 11.8 Å². The number of amides is 2. The summed E-state index contributed by atoms with van der Waals surface area (Å²) in [6.07, 6.45) is 3.12. The highest BCUT2D eigenvalue weighted by molar-refractivity contribution is 7.98. The number of thiocarbonyl (C=S) groups is 1. The topological polar surface area (TPSA) is 102 Å². The maximum absolute atomic E-state index is 12.7. The number of benzene rings is 1. The second-order valence-electron chi connectivity index (χ2n) is 5.34. The highest BCUT2D eigenvalue weighted by Gasteiger charge is 2.38. The molecule has 1 unspecified atom stereocenters. The summed E-state index contributed by atoms with van der Waals surface area (Å²) in [5.74, 6) is -3.36.